The minimum Gasteiger partial charge on any atom is -0.456 e. The number of ether oxygens (including phenoxy) is 1. The van der Waals surface area contributed by atoms with Gasteiger partial charge in [0.05, 0.1) is 6.04 Å². The Balaban J connectivity index is 1.71. The second kappa shape index (κ2) is 9.08. The molecule has 0 saturated carbocycles. The maximum absolute atomic E-state index is 11.9. The van der Waals surface area contributed by atoms with Crippen molar-refractivity contribution in [3.8, 4) is 0 Å². The van der Waals surface area contributed by atoms with Gasteiger partial charge < -0.3 is 10.1 Å². The SMILES string of the molecule is C[C@H](NC(=O)COC(=O)CCc1ccccc1)c1cccc(Cl)c1. The lowest BCUT2D eigenvalue weighted by Gasteiger charge is -2.14. The molecule has 0 fully saturated rings. The van der Waals surface area contributed by atoms with Crippen LogP contribution in [0.2, 0.25) is 5.02 Å². The third-order valence-electron chi connectivity index (χ3n) is 3.55. The van der Waals surface area contributed by atoms with Crippen molar-refractivity contribution >= 4 is 23.5 Å². The van der Waals surface area contributed by atoms with Crippen LogP contribution in [0, 0.1) is 0 Å². The predicted molar refractivity (Wildman–Crippen MR) is 93.7 cm³/mol. The fourth-order valence-electron chi connectivity index (χ4n) is 2.25. The van der Waals surface area contributed by atoms with E-state index in [9.17, 15) is 9.59 Å². The zero-order valence-electron chi connectivity index (χ0n) is 13.5. The molecule has 0 heterocycles. The van der Waals surface area contributed by atoms with Crippen molar-refractivity contribution in [2.45, 2.75) is 25.8 Å². The quantitative estimate of drug-likeness (QED) is 0.778. The van der Waals surface area contributed by atoms with Gasteiger partial charge in [-0.3, -0.25) is 9.59 Å². The van der Waals surface area contributed by atoms with Gasteiger partial charge in [0.25, 0.3) is 5.91 Å². The average molecular weight is 346 g/mol. The number of hydrogen-bond donors (Lipinski definition) is 1. The number of nitrogens with one attached hydrogen (secondary N) is 1. The summed E-state index contributed by atoms with van der Waals surface area (Å²) in [5, 5.41) is 3.39. The van der Waals surface area contributed by atoms with Crippen LogP contribution >= 0.6 is 11.6 Å². The van der Waals surface area contributed by atoms with Crippen molar-refractivity contribution < 1.29 is 14.3 Å². The highest BCUT2D eigenvalue weighted by molar-refractivity contribution is 6.30. The van der Waals surface area contributed by atoms with Crippen molar-refractivity contribution in [2.75, 3.05) is 6.61 Å². The lowest BCUT2D eigenvalue weighted by atomic mass is 10.1. The highest BCUT2D eigenvalue weighted by Gasteiger charge is 2.12. The zero-order valence-corrected chi connectivity index (χ0v) is 14.3. The summed E-state index contributed by atoms with van der Waals surface area (Å²) in [6.07, 6.45) is 0.849. The van der Waals surface area contributed by atoms with Crippen LogP contribution in [0.3, 0.4) is 0 Å². The van der Waals surface area contributed by atoms with Crippen LogP contribution in [0.5, 0.6) is 0 Å². The Kier molecular flexibility index (Phi) is 6.82. The van der Waals surface area contributed by atoms with Crippen molar-refractivity contribution in [3.63, 3.8) is 0 Å². The van der Waals surface area contributed by atoms with Crippen molar-refractivity contribution in [2.24, 2.45) is 0 Å². The topological polar surface area (TPSA) is 55.4 Å². The molecule has 0 aliphatic heterocycles. The molecule has 0 aromatic heterocycles. The van der Waals surface area contributed by atoms with Crippen LogP contribution in [0.4, 0.5) is 0 Å². The highest BCUT2D eigenvalue weighted by atomic mass is 35.5. The third-order valence-corrected chi connectivity index (χ3v) is 3.79. The van der Waals surface area contributed by atoms with Gasteiger partial charge >= 0.3 is 5.97 Å². The molecule has 24 heavy (non-hydrogen) atoms. The molecule has 126 valence electrons. The van der Waals surface area contributed by atoms with Crippen LogP contribution < -0.4 is 5.32 Å². The molecule has 0 spiro atoms. The molecular formula is C19H20ClNO3. The average Bonchev–Trinajstić information content (AvgIpc) is 2.59. The monoisotopic (exact) mass is 345 g/mol. The van der Waals surface area contributed by atoms with E-state index in [-0.39, 0.29) is 30.9 Å². The van der Waals surface area contributed by atoms with E-state index < -0.39 is 0 Å². The van der Waals surface area contributed by atoms with E-state index in [0.29, 0.717) is 11.4 Å². The van der Waals surface area contributed by atoms with Gasteiger partial charge in [-0.05, 0) is 36.6 Å². The Labute approximate surface area is 146 Å². The molecule has 4 nitrogen and oxygen atoms in total. The number of carbonyl (C=O) groups is 2. The van der Waals surface area contributed by atoms with Gasteiger partial charge in [-0.2, -0.15) is 0 Å². The summed E-state index contributed by atoms with van der Waals surface area (Å²) in [5.74, 6) is -0.722. The molecular weight excluding hydrogens is 326 g/mol. The van der Waals surface area contributed by atoms with Crippen LogP contribution in [0.15, 0.2) is 54.6 Å². The molecule has 5 heteroatoms. The van der Waals surface area contributed by atoms with Crippen LogP contribution in [0.1, 0.15) is 30.5 Å². The third kappa shape index (κ3) is 6.05. The van der Waals surface area contributed by atoms with Gasteiger partial charge in [0, 0.05) is 11.4 Å². The minimum absolute atomic E-state index is 0.209. The number of aryl methyl sites for hydroxylation is 1. The Bertz CT molecular complexity index is 688. The van der Waals surface area contributed by atoms with E-state index >= 15 is 0 Å². The zero-order chi connectivity index (χ0) is 17.4. The van der Waals surface area contributed by atoms with Gasteiger partial charge in [-0.25, -0.2) is 0 Å². The second-order valence-electron chi connectivity index (χ2n) is 5.49. The fraction of sp³-hybridized carbons (Fsp3) is 0.263. The Morgan fingerprint density at radius 3 is 2.58 bits per heavy atom. The molecule has 2 aromatic rings. The summed E-state index contributed by atoms with van der Waals surface area (Å²) in [5.41, 5.74) is 1.96. The molecule has 0 unspecified atom stereocenters. The van der Waals surface area contributed by atoms with E-state index in [2.05, 4.69) is 5.32 Å². The maximum Gasteiger partial charge on any atom is 0.306 e. The Morgan fingerprint density at radius 2 is 1.88 bits per heavy atom. The van der Waals surface area contributed by atoms with E-state index in [1.807, 2.05) is 49.4 Å². The number of esters is 1. The molecule has 1 atom stereocenters. The Morgan fingerprint density at radius 1 is 1.12 bits per heavy atom. The summed E-state index contributed by atoms with van der Waals surface area (Å²) >= 11 is 5.93. The molecule has 2 aromatic carbocycles. The summed E-state index contributed by atoms with van der Waals surface area (Å²) in [4.78, 5) is 23.6. The normalized spacial score (nSPS) is 11.6. The first-order chi connectivity index (χ1) is 11.5. The smallest absolute Gasteiger partial charge is 0.306 e. The van der Waals surface area contributed by atoms with Crippen molar-refractivity contribution in [1.82, 2.24) is 5.32 Å². The number of hydrogen-bond acceptors (Lipinski definition) is 3. The molecule has 0 aliphatic rings. The Hall–Kier alpha value is -2.33. The molecule has 0 radical (unpaired) electrons. The van der Waals surface area contributed by atoms with Crippen molar-refractivity contribution in [3.05, 3.63) is 70.7 Å². The van der Waals surface area contributed by atoms with E-state index in [1.165, 1.54) is 0 Å². The van der Waals surface area contributed by atoms with E-state index in [4.69, 9.17) is 16.3 Å². The van der Waals surface area contributed by atoms with Gasteiger partial charge in [0.2, 0.25) is 0 Å². The number of halogens is 1. The van der Waals surface area contributed by atoms with Crippen LogP contribution in [0.25, 0.3) is 0 Å². The highest BCUT2D eigenvalue weighted by Crippen LogP contribution is 2.17. The molecule has 2 rings (SSSR count). The molecule has 0 bridgehead atoms. The first-order valence-electron chi connectivity index (χ1n) is 7.79. The number of carbonyl (C=O) groups excluding carboxylic acids is 2. The summed E-state index contributed by atoms with van der Waals surface area (Å²) in [6, 6.07) is 16.7. The van der Waals surface area contributed by atoms with Crippen molar-refractivity contribution in [1.29, 1.82) is 0 Å². The number of amides is 1. The van der Waals surface area contributed by atoms with Gasteiger partial charge in [-0.15, -0.1) is 0 Å². The number of benzene rings is 2. The minimum atomic E-state index is -0.385. The largest absolute Gasteiger partial charge is 0.456 e. The summed E-state index contributed by atoms with van der Waals surface area (Å²) in [6.45, 7) is 1.57. The van der Waals surface area contributed by atoms with E-state index in [1.54, 1.807) is 12.1 Å². The predicted octanol–water partition coefficient (Wildman–Crippen LogP) is 3.69. The standard InChI is InChI=1S/C19H20ClNO3/c1-14(16-8-5-9-17(20)12-16)21-18(22)13-24-19(23)11-10-15-6-3-2-4-7-15/h2-9,12,14H,10-11,13H2,1H3,(H,21,22)/t14-/m0/s1. The fourth-order valence-corrected chi connectivity index (χ4v) is 2.45. The maximum atomic E-state index is 11.9. The van der Waals surface area contributed by atoms with Crippen LogP contribution in [-0.2, 0) is 20.7 Å². The summed E-state index contributed by atoms with van der Waals surface area (Å²) < 4.78 is 5.01. The van der Waals surface area contributed by atoms with Gasteiger partial charge in [-0.1, -0.05) is 54.1 Å². The molecule has 0 aliphatic carbocycles. The first kappa shape index (κ1) is 18.0. The van der Waals surface area contributed by atoms with E-state index in [0.717, 1.165) is 11.1 Å². The second-order valence-corrected chi connectivity index (χ2v) is 5.93. The molecule has 1 amide bonds. The summed E-state index contributed by atoms with van der Waals surface area (Å²) in [7, 11) is 0. The lowest BCUT2D eigenvalue weighted by Crippen LogP contribution is -2.31. The number of rotatable bonds is 7. The van der Waals surface area contributed by atoms with Crippen LogP contribution in [-0.4, -0.2) is 18.5 Å². The van der Waals surface area contributed by atoms with Gasteiger partial charge in [0.1, 0.15) is 0 Å². The molecule has 1 N–H and O–H groups in total. The molecule has 0 saturated heterocycles. The van der Waals surface area contributed by atoms with Gasteiger partial charge in [0.15, 0.2) is 6.61 Å². The first-order valence-corrected chi connectivity index (χ1v) is 8.17. The lowest BCUT2D eigenvalue weighted by molar-refractivity contribution is -0.148.